The van der Waals surface area contributed by atoms with Crippen molar-refractivity contribution >= 4 is 7.85 Å². The Hall–Kier alpha value is -0.135. The van der Waals surface area contributed by atoms with Gasteiger partial charge in [0.25, 0.3) is 0 Å². The van der Waals surface area contributed by atoms with Gasteiger partial charge in [0.2, 0.25) is 0 Å². The van der Waals surface area contributed by atoms with E-state index < -0.39 is 0 Å². The van der Waals surface area contributed by atoms with Crippen LogP contribution in [-0.4, -0.2) is 72.8 Å². The van der Waals surface area contributed by atoms with Crippen LogP contribution in [0.4, 0.5) is 0 Å². The van der Waals surface area contributed by atoms with Crippen molar-refractivity contribution in [3.8, 4) is 0 Å². The summed E-state index contributed by atoms with van der Waals surface area (Å²) in [5.74, 6) is 0. The van der Waals surface area contributed by atoms with Gasteiger partial charge in [-0.25, -0.2) is 0 Å². The molecule has 0 aliphatic carbocycles. The lowest BCUT2D eigenvalue weighted by Gasteiger charge is -2.24. The van der Waals surface area contributed by atoms with Crippen LogP contribution in [0, 0.1) is 0 Å². The minimum Gasteiger partial charge on any atom is -0.382 e. The molecule has 0 radical (unpaired) electrons. The zero-order chi connectivity index (χ0) is 13.5. The van der Waals surface area contributed by atoms with Crippen molar-refractivity contribution in [3.05, 3.63) is 0 Å². The quantitative estimate of drug-likeness (QED) is 0.566. The van der Waals surface area contributed by atoms with Gasteiger partial charge >= 0.3 is 0 Å². The minimum absolute atomic E-state index is 0.00413. The Bertz CT molecular complexity index is 225. The largest absolute Gasteiger partial charge is 0.382 e. The van der Waals surface area contributed by atoms with E-state index in [0.717, 1.165) is 6.42 Å². The molecule has 1 saturated heterocycles. The smallest absolute Gasteiger partial charge is 0.142 e. The van der Waals surface area contributed by atoms with Crippen LogP contribution >= 0.6 is 0 Å². The molecule has 0 aromatic rings. The van der Waals surface area contributed by atoms with Gasteiger partial charge in [-0.05, 0) is 6.42 Å². The number of hydrogen-bond donors (Lipinski definition) is 0. The van der Waals surface area contributed by atoms with Crippen molar-refractivity contribution in [2.45, 2.75) is 43.8 Å². The Morgan fingerprint density at radius 3 is 2.44 bits per heavy atom. The maximum atomic E-state index is 5.91. The van der Waals surface area contributed by atoms with Crippen LogP contribution in [0.5, 0.6) is 0 Å². The molecule has 1 unspecified atom stereocenters. The predicted molar refractivity (Wildman–Crippen MR) is 70.7 cm³/mol. The molecular weight excluding hydrogens is 235 g/mol. The molecule has 6 heteroatoms. The van der Waals surface area contributed by atoms with Crippen molar-refractivity contribution < 1.29 is 23.7 Å². The molecule has 18 heavy (non-hydrogen) atoms. The van der Waals surface area contributed by atoms with E-state index in [0.29, 0.717) is 13.2 Å². The van der Waals surface area contributed by atoms with Gasteiger partial charge in [0, 0.05) is 21.3 Å². The standard InChI is InChI=1S/C12H25BO5/c1-5-8(15-3)6-17-11-10(16-4)9(7-14-2)18-12(11)13/h8-12H,5-7,13H2,1-4H3/t8-,9+,10?,11-,12+/m0/s1. The molecule has 1 aliphatic heterocycles. The van der Waals surface area contributed by atoms with Gasteiger partial charge in [-0.15, -0.1) is 0 Å². The average Bonchev–Trinajstić information content (AvgIpc) is 2.67. The summed E-state index contributed by atoms with van der Waals surface area (Å²) in [7, 11) is 7.04. The summed E-state index contributed by atoms with van der Waals surface area (Å²) in [4.78, 5) is 0. The number of hydrogen-bond acceptors (Lipinski definition) is 5. The maximum absolute atomic E-state index is 5.91. The molecule has 0 aromatic heterocycles. The number of rotatable bonds is 8. The van der Waals surface area contributed by atoms with E-state index in [-0.39, 0.29) is 30.4 Å². The summed E-state index contributed by atoms with van der Waals surface area (Å²) in [6.07, 6.45) is 0.824. The van der Waals surface area contributed by atoms with Gasteiger partial charge in [-0.2, -0.15) is 0 Å². The van der Waals surface area contributed by atoms with Crippen LogP contribution in [0.15, 0.2) is 0 Å². The van der Waals surface area contributed by atoms with E-state index in [1.807, 2.05) is 7.85 Å². The summed E-state index contributed by atoms with van der Waals surface area (Å²) >= 11 is 0. The fourth-order valence-electron chi connectivity index (χ4n) is 2.29. The molecule has 0 N–H and O–H groups in total. The van der Waals surface area contributed by atoms with Crippen LogP contribution in [0.25, 0.3) is 0 Å². The lowest BCUT2D eigenvalue weighted by molar-refractivity contribution is -0.0793. The summed E-state index contributed by atoms with van der Waals surface area (Å²) in [6.45, 7) is 3.16. The zero-order valence-electron chi connectivity index (χ0n) is 12.0. The second-order valence-corrected chi connectivity index (χ2v) is 4.60. The van der Waals surface area contributed by atoms with Crippen LogP contribution in [0.1, 0.15) is 13.3 Å². The van der Waals surface area contributed by atoms with E-state index in [2.05, 4.69) is 6.92 Å². The number of ether oxygens (including phenoxy) is 5. The lowest BCUT2D eigenvalue weighted by atomic mass is 9.92. The van der Waals surface area contributed by atoms with Crippen molar-refractivity contribution in [3.63, 3.8) is 0 Å². The van der Waals surface area contributed by atoms with Gasteiger partial charge in [-0.1, -0.05) is 6.92 Å². The number of methoxy groups -OCH3 is 3. The topological polar surface area (TPSA) is 46.2 Å². The van der Waals surface area contributed by atoms with E-state index in [9.17, 15) is 0 Å². The van der Waals surface area contributed by atoms with Crippen molar-refractivity contribution in [2.24, 2.45) is 0 Å². The molecule has 0 spiro atoms. The Morgan fingerprint density at radius 2 is 1.94 bits per heavy atom. The molecule has 1 fully saturated rings. The monoisotopic (exact) mass is 260 g/mol. The van der Waals surface area contributed by atoms with E-state index in [1.54, 1.807) is 21.3 Å². The summed E-state index contributed by atoms with van der Waals surface area (Å²) < 4.78 is 27.6. The highest BCUT2D eigenvalue weighted by atomic mass is 16.6. The van der Waals surface area contributed by atoms with Crippen LogP contribution in [-0.2, 0) is 23.7 Å². The van der Waals surface area contributed by atoms with Crippen LogP contribution in [0.2, 0.25) is 0 Å². The molecule has 0 amide bonds. The third-order valence-electron chi connectivity index (χ3n) is 3.41. The van der Waals surface area contributed by atoms with Gasteiger partial charge in [0.15, 0.2) is 0 Å². The van der Waals surface area contributed by atoms with E-state index in [1.165, 1.54) is 0 Å². The summed E-state index contributed by atoms with van der Waals surface area (Å²) in [5, 5.41) is 0. The molecule has 106 valence electrons. The fraction of sp³-hybridized carbons (Fsp3) is 1.00. The average molecular weight is 260 g/mol. The molecule has 1 aliphatic rings. The van der Waals surface area contributed by atoms with Crippen molar-refractivity contribution in [1.82, 2.24) is 0 Å². The molecule has 0 aromatic carbocycles. The fourth-order valence-corrected chi connectivity index (χ4v) is 2.29. The molecule has 1 rings (SSSR count). The first-order chi connectivity index (χ1) is 8.67. The second-order valence-electron chi connectivity index (χ2n) is 4.60. The summed E-state index contributed by atoms with van der Waals surface area (Å²) in [6, 6.07) is 0.00413. The van der Waals surface area contributed by atoms with Crippen molar-refractivity contribution in [1.29, 1.82) is 0 Å². The zero-order valence-corrected chi connectivity index (χ0v) is 12.0. The highest BCUT2D eigenvalue weighted by Crippen LogP contribution is 2.25. The van der Waals surface area contributed by atoms with Crippen LogP contribution < -0.4 is 0 Å². The predicted octanol–water partition coefficient (Wildman–Crippen LogP) is -0.184. The Morgan fingerprint density at radius 1 is 1.22 bits per heavy atom. The highest BCUT2D eigenvalue weighted by Gasteiger charge is 2.43. The molecule has 0 saturated carbocycles. The Balaban J connectivity index is 2.51. The normalized spacial score (nSPS) is 33.8. The first-order valence-electron chi connectivity index (χ1n) is 6.49. The summed E-state index contributed by atoms with van der Waals surface area (Å²) in [5.41, 5.74) is 0. The minimum atomic E-state index is -0.0886. The van der Waals surface area contributed by atoms with E-state index >= 15 is 0 Å². The Kier molecular flexibility index (Phi) is 7.18. The molecular formula is C12H25BO5. The molecule has 5 nitrogen and oxygen atoms in total. The Labute approximate surface area is 110 Å². The molecule has 5 atom stereocenters. The molecule has 0 bridgehead atoms. The van der Waals surface area contributed by atoms with Gasteiger partial charge < -0.3 is 23.7 Å². The van der Waals surface area contributed by atoms with Gasteiger partial charge in [-0.3, -0.25) is 0 Å². The SMILES string of the molecule is B[C@@H]1O[C@H](COC)C(OC)[C@@H]1OC[C@H](CC)OC. The van der Waals surface area contributed by atoms with Gasteiger partial charge in [0.05, 0.1) is 25.3 Å². The third kappa shape index (κ3) is 3.93. The first kappa shape index (κ1) is 15.9. The first-order valence-corrected chi connectivity index (χ1v) is 6.49. The van der Waals surface area contributed by atoms with Gasteiger partial charge in [0.1, 0.15) is 26.2 Å². The van der Waals surface area contributed by atoms with Crippen LogP contribution in [0.3, 0.4) is 0 Å². The van der Waals surface area contributed by atoms with Crippen molar-refractivity contribution in [2.75, 3.05) is 34.5 Å². The third-order valence-corrected chi connectivity index (χ3v) is 3.41. The lowest BCUT2D eigenvalue weighted by Crippen LogP contribution is -2.40. The maximum Gasteiger partial charge on any atom is 0.142 e. The molecule has 1 heterocycles. The van der Waals surface area contributed by atoms with E-state index in [4.69, 9.17) is 23.7 Å². The highest BCUT2D eigenvalue weighted by molar-refractivity contribution is 6.11. The second kappa shape index (κ2) is 8.12.